The minimum absolute atomic E-state index is 0.988. The van der Waals surface area contributed by atoms with Crippen molar-refractivity contribution in [2.24, 2.45) is 0 Å². The van der Waals surface area contributed by atoms with Crippen molar-refractivity contribution in [2.45, 2.75) is 0 Å². The van der Waals surface area contributed by atoms with E-state index in [4.69, 9.17) is 4.98 Å². The Bertz CT molecular complexity index is 2830. The average molecular weight is 640 g/mol. The van der Waals surface area contributed by atoms with Gasteiger partial charge in [-0.1, -0.05) is 146 Å². The van der Waals surface area contributed by atoms with Crippen molar-refractivity contribution in [2.75, 3.05) is 0 Å². The number of hydrogen-bond acceptors (Lipinski definition) is 2. The molecule has 10 aromatic rings. The molecule has 0 amide bonds. The van der Waals surface area contributed by atoms with Crippen molar-refractivity contribution in [3.63, 3.8) is 0 Å². The minimum Gasteiger partial charge on any atom is -0.246 e. The van der Waals surface area contributed by atoms with Gasteiger partial charge in [0.05, 0.1) is 16.1 Å². The van der Waals surface area contributed by atoms with Crippen LogP contribution in [0.3, 0.4) is 0 Å². The topological polar surface area (TPSA) is 12.9 Å². The summed E-state index contributed by atoms with van der Waals surface area (Å²) in [4.78, 5) is 5.39. The number of fused-ring (bicyclic) bond motifs is 9. The molecule has 0 bridgehead atoms. The highest BCUT2D eigenvalue weighted by Gasteiger charge is 2.17. The third kappa shape index (κ3) is 4.64. The predicted octanol–water partition coefficient (Wildman–Crippen LogP) is 13.6. The van der Waals surface area contributed by atoms with Crippen LogP contribution in [0.2, 0.25) is 0 Å². The van der Waals surface area contributed by atoms with E-state index in [9.17, 15) is 0 Å². The van der Waals surface area contributed by atoms with Gasteiger partial charge in [-0.3, -0.25) is 0 Å². The summed E-state index contributed by atoms with van der Waals surface area (Å²) in [6.45, 7) is 0. The smallest absolute Gasteiger partial charge is 0.0888 e. The zero-order valence-electron chi connectivity index (χ0n) is 26.6. The number of pyridine rings is 1. The summed E-state index contributed by atoms with van der Waals surface area (Å²) in [5.74, 6) is 0. The molecule has 0 aliphatic rings. The molecule has 49 heavy (non-hydrogen) atoms. The van der Waals surface area contributed by atoms with Crippen LogP contribution < -0.4 is 0 Å². The lowest BCUT2D eigenvalue weighted by atomic mass is 9.91. The molecule has 0 aliphatic carbocycles. The first kappa shape index (κ1) is 28.0. The summed E-state index contributed by atoms with van der Waals surface area (Å²) >= 11 is 1.83. The molecule has 10 rings (SSSR count). The summed E-state index contributed by atoms with van der Waals surface area (Å²) in [5, 5.41) is 10.3. The van der Waals surface area contributed by atoms with Gasteiger partial charge in [-0.25, -0.2) is 4.98 Å². The van der Waals surface area contributed by atoms with Gasteiger partial charge < -0.3 is 0 Å². The van der Waals surface area contributed by atoms with Crippen LogP contribution in [0.15, 0.2) is 176 Å². The van der Waals surface area contributed by atoms with Crippen LogP contribution in [0.5, 0.6) is 0 Å². The summed E-state index contributed by atoms with van der Waals surface area (Å²) in [6.07, 6.45) is 0. The maximum atomic E-state index is 5.39. The van der Waals surface area contributed by atoms with E-state index in [0.29, 0.717) is 0 Å². The molecule has 0 N–H and O–H groups in total. The summed E-state index contributed by atoms with van der Waals surface area (Å²) in [5.41, 5.74) is 9.10. The molecule has 0 atom stereocenters. The fourth-order valence-electron chi connectivity index (χ4n) is 7.47. The van der Waals surface area contributed by atoms with Crippen LogP contribution in [-0.4, -0.2) is 4.98 Å². The molecule has 228 valence electrons. The van der Waals surface area contributed by atoms with Crippen molar-refractivity contribution in [3.05, 3.63) is 176 Å². The van der Waals surface area contributed by atoms with Crippen molar-refractivity contribution >= 4 is 63.8 Å². The number of thiophene rings is 1. The van der Waals surface area contributed by atoms with Gasteiger partial charge in [-0.15, -0.1) is 11.3 Å². The standard InChI is InChI=1S/C47H29NS/c1-3-12-30(13-4-1)33-23-25-45-42(28-33)43-29-44(31-14-5-2-6-15-31)48-46(47(43)49-45)35-17-11-16-32(26-35)34-22-24-40-38-20-8-7-18-36(38)37-19-9-10-21-39(37)41(40)27-34/h1-29H. The van der Waals surface area contributed by atoms with Gasteiger partial charge in [0.2, 0.25) is 0 Å². The Morgan fingerprint density at radius 3 is 1.53 bits per heavy atom. The zero-order valence-corrected chi connectivity index (χ0v) is 27.4. The van der Waals surface area contributed by atoms with E-state index >= 15 is 0 Å². The van der Waals surface area contributed by atoms with E-state index in [2.05, 4.69) is 176 Å². The van der Waals surface area contributed by atoms with Crippen LogP contribution >= 0.6 is 11.3 Å². The second-order valence-electron chi connectivity index (χ2n) is 12.7. The lowest BCUT2D eigenvalue weighted by Crippen LogP contribution is -1.90. The number of aromatic nitrogens is 1. The SMILES string of the molecule is c1ccc(-c2ccc3sc4c(-c5cccc(-c6ccc7c8ccccc8c8ccccc8c7c6)c5)nc(-c5ccccc5)cc4c3c2)cc1. The van der Waals surface area contributed by atoms with Gasteiger partial charge in [0.25, 0.3) is 0 Å². The Labute approximate surface area is 288 Å². The average Bonchev–Trinajstić information content (AvgIpc) is 3.56. The Balaban J connectivity index is 1.18. The number of hydrogen-bond donors (Lipinski definition) is 0. The van der Waals surface area contributed by atoms with Crippen LogP contribution in [0, 0.1) is 0 Å². The first-order valence-corrected chi connectivity index (χ1v) is 17.5. The fourth-order valence-corrected chi connectivity index (χ4v) is 8.65. The monoisotopic (exact) mass is 639 g/mol. The molecule has 0 aliphatic heterocycles. The van der Waals surface area contributed by atoms with Gasteiger partial charge in [0, 0.05) is 26.6 Å². The second kappa shape index (κ2) is 11.3. The molecule has 1 nitrogen and oxygen atoms in total. The van der Waals surface area contributed by atoms with Crippen molar-refractivity contribution in [1.82, 2.24) is 4.98 Å². The molecule has 2 heterocycles. The molecule has 0 radical (unpaired) electrons. The molecule has 0 spiro atoms. The highest BCUT2D eigenvalue weighted by Crippen LogP contribution is 2.43. The number of rotatable bonds is 4. The van der Waals surface area contributed by atoms with Gasteiger partial charge >= 0.3 is 0 Å². The number of benzene rings is 8. The highest BCUT2D eigenvalue weighted by atomic mass is 32.1. The Kier molecular flexibility index (Phi) is 6.43. The van der Waals surface area contributed by atoms with E-state index in [0.717, 1.165) is 22.5 Å². The normalized spacial score (nSPS) is 11.7. The Morgan fingerprint density at radius 1 is 0.306 bits per heavy atom. The van der Waals surface area contributed by atoms with Gasteiger partial charge in [0.15, 0.2) is 0 Å². The molecular formula is C47H29NS. The minimum atomic E-state index is 0.988. The van der Waals surface area contributed by atoms with E-state index in [1.165, 1.54) is 74.7 Å². The van der Waals surface area contributed by atoms with E-state index in [-0.39, 0.29) is 0 Å². The summed E-state index contributed by atoms with van der Waals surface area (Å²) in [7, 11) is 0. The van der Waals surface area contributed by atoms with E-state index in [1.807, 2.05) is 11.3 Å². The maximum absolute atomic E-state index is 5.39. The molecule has 0 saturated heterocycles. The second-order valence-corrected chi connectivity index (χ2v) is 13.8. The molecule has 8 aromatic carbocycles. The maximum Gasteiger partial charge on any atom is 0.0888 e. The Hall–Kier alpha value is -6.09. The zero-order chi connectivity index (χ0) is 32.3. The Morgan fingerprint density at radius 2 is 0.816 bits per heavy atom. The number of nitrogens with zero attached hydrogens (tertiary/aromatic N) is 1. The van der Waals surface area contributed by atoms with Crippen molar-refractivity contribution in [1.29, 1.82) is 0 Å². The van der Waals surface area contributed by atoms with Crippen LogP contribution in [0.1, 0.15) is 0 Å². The fraction of sp³-hybridized carbons (Fsp3) is 0. The summed E-state index contributed by atoms with van der Waals surface area (Å²) in [6, 6.07) is 63.8. The van der Waals surface area contributed by atoms with Crippen molar-refractivity contribution in [3.8, 4) is 44.8 Å². The van der Waals surface area contributed by atoms with Crippen LogP contribution in [-0.2, 0) is 0 Å². The molecule has 0 fully saturated rings. The van der Waals surface area contributed by atoms with Crippen molar-refractivity contribution < 1.29 is 0 Å². The van der Waals surface area contributed by atoms with E-state index in [1.54, 1.807) is 0 Å². The first-order chi connectivity index (χ1) is 24.3. The molecule has 2 aromatic heterocycles. The highest BCUT2D eigenvalue weighted by molar-refractivity contribution is 7.26. The van der Waals surface area contributed by atoms with Crippen LogP contribution in [0.4, 0.5) is 0 Å². The molecule has 0 unspecified atom stereocenters. The molecular weight excluding hydrogens is 611 g/mol. The van der Waals surface area contributed by atoms with Gasteiger partial charge in [0.1, 0.15) is 0 Å². The summed E-state index contributed by atoms with van der Waals surface area (Å²) < 4.78 is 2.49. The molecule has 2 heteroatoms. The predicted molar refractivity (Wildman–Crippen MR) is 211 cm³/mol. The third-order valence-electron chi connectivity index (χ3n) is 9.84. The van der Waals surface area contributed by atoms with Crippen LogP contribution in [0.25, 0.3) is 97.3 Å². The first-order valence-electron chi connectivity index (χ1n) is 16.7. The van der Waals surface area contributed by atoms with E-state index < -0.39 is 0 Å². The third-order valence-corrected chi connectivity index (χ3v) is 11.0. The largest absolute Gasteiger partial charge is 0.246 e. The molecule has 0 saturated carbocycles. The quantitative estimate of drug-likeness (QED) is 0.175. The van der Waals surface area contributed by atoms with Gasteiger partial charge in [-0.05, 0) is 84.9 Å². The lowest BCUT2D eigenvalue weighted by molar-refractivity contribution is 1.36. The van der Waals surface area contributed by atoms with Gasteiger partial charge in [-0.2, -0.15) is 0 Å². The lowest BCUT2D eigenvalue weighted by Gasteiger charge is -2.13.